The Morgan fingerprint density at radius 3 is 2.57 bits per heavy atom. The summed E-state index contributed by atoms with van der Waals surface area (Å²) in [5.41, 5.74) is -1.25. The highest BCUT2D eigenvalue weighted by molar-refractivity contribution is 7.92. The minimum Gasteiger partial charge on any atom is -0.421 e. The Bertz CT molecular complexity index is 1240. The first kappa shape index (κ1) is 19.6. The fraction of sp³-hybridized carbons (Fsp3) is 0.118. The van der Waals surface area contributed by atoms with Crippen molar-refractivity contribution in [1.29, 1.82) is 0 Å². The predicted molar refractivity (Wildman–Crippen MR) is 106 cm³/mol. The highest BCUT2D eigenvalue weighted by atomic mass is 35.5. The van der Waals surface area contributed by atoms with E-state index < -0.39 is 31.2 Å². The number of hydrogen-bond donors (Lipinski definition) is 2. The van der Waals surface area contributed by atoms with Gasteiger partial charge in [0.15, 0.2) is 5.69 Å². The summed E-state index contributed by atoms with van der Waals surface area (Å²) in [6.07, 6.45) is 0. The number of nitrogens with zero attached hydrogens (tertiary/aromatic N) is 1. The van der Waals surface area contributed by atoms with E-state index in [1.54, 1.807) is 31.2 Å². The van der Waals surface area contributed by atoms with E-state index in [2.05, 4.69) is 10.0 Å². The zero-order chi connectivity index (χ0) is 20.5. The molecule has 0 aliphatic carbocycles. The lowest BCUT2D eigenvalue weighted by Crippen LogP contribution is -2.20. The van der Waals surface area contributed by atoms with Crippen LogP contribution >= 0.6 is 11.6 Å². The van der Waals surface area contributed by atoms with Crippen LogP contribution in [0.1, 0.15) is 6.92 Å². The molecule has 2 N–H and O–H groups in total. The van der Waals surface area contributed by atoms with E-state index in [9.17, 15) is 23.3 Å². The zero-order valence-corrected chi connectivity index (χ0v) is 16.0. The van der Waals surface area contributed by atoms with E-state index in [-0.39, 0.29) is 22.0 Å². The summed E-state index contributed by atoms with van der Waals surface area (Å²) < 4.78 is 32.9. The van der Waals surface area contributed by atoms with Crippen LogP contribution in [-0.4, -0.2) is 19.9 Å². The molecule has 0 fully saturated rings. The molecular weight excluding hydrogens is 410 g/mol. The Balaban J connectivity index is 2.15. The molecule has 0 bridgehead atoms. The fourth-order valence-electron chi connectivity index (χ4n) is 2.60. The van der Waals surface area contributed by atoms with Crippen molar-refractivity contribution in [3.8, 4) is 0 Å². The van der Waals surface area contributed by atoms with E-state index in [1.807, 2.05) is 0 Å². The van der Waals surface area contributed by atoms with Crippen molar-refractivity contribution in [1.82, 2.24) is 0 Å². The fourth-order valence-corrected chi connectivity index (χ4v) is 3.87. The van der Waals surface area contributed by atoms with E-state index in [4.69, 9.17) is 16.0 Å². The van der Waals surface area contributed by atoms with Gasteiger partial charge in [0.2, 0.25) is 0 Å². The van der Waals surface area contributed by atoms with Gasteiger partial charge in [-0.2, -0.15) is 0 Å². The maximum absolute atomic E-state index is 12.7. The molecule has 11 heteroatoms. The summed E-state index contributed by atoms with van der Waals surface area (Å²) in [6, 6.07) is 9.66. The Morgan fingerprint density at radius 2 is 1.89 bits per heavy atom. The van der Waals surface area contributed by atoms with Crippen LogP contribution in [0.25, 0.3) is 11.0 Å². The molecule has 0 aliphatic heterocycles. The molecule has 1 heterocycles. The molecule has 0 unspecified atom stereocenters. The lowest BCUT2D eigenvalue weighted by molar-refractivity contribution is -0.384. The molecule has 3 aromatic rings. The van der Waals surface area contributed by atoms with Crippen LogP contribution in [0.15, 0.2) is 56.6 Å². The maximum atomic E-state index is 12.7. The molecule has 28 heavy (non-hydrogen) atoms. The summed E-state index contributed by atoms with van der Waals surface area (Å²) in [6.45, 7) is 2.19. The van der Waals surface area contributed by atoms with Crippen LogP contribution in [0.4, 0.5) is 17.1 Å². The highest BCUT2D eigenvalue weighted by Gasteiger charge is 2.24. The summed E-state index contributed by atoms with van der Waals surface area (Å²) in [5.74, 6) is 0. The molecule has 146 valence electrons. The third-order valence-electron chi connectivity index (χ3n) is 3.83. The Labute approximate surface area is 164 Å². The SMILES string of the molecule is CCNc1c(NS(=O)(=O)c2ccc(Cl)c([N+](=O)[O-])c2)c(=O)oc2ccccc12. The first-order valence-corrected chi connectivity index (χ1v) is 9.87. The lowest BCUT2D eigenvalue weighted by atomic mass is 10.2. The second-order valence-corrected chi connectivity index (χ2v) is 7.73. The number of nitro groups is 1. The topological polar surface area (TPSA) is 132 Å². The van der Waals surface area contributed by atoms with Gasteiger partial charge in [-0.3, -0.25) is 14.8 Å². The molecule has 0 amide bonds. The molecule has 9 nitrogen and oxygen atoms in total. The molecular formula is C17H14ClN3O6S. The van der Waals surface area contributed by atoms with Crippen molar-refractivity contribution < 1.29 is 17.8 Å². The van der Waals surface area contributed by atoms with Crippen molar-refractivity contribution in [3.63, 3.8) is 0 Å². The number of hydrogen-bond acceptors (Lipinski definition) is 7. The standard InChI is InChI=1S/C17H14ClN3O6S/c1-2-19-15-11-5-3-4-6-14(11)27-17(22)16(15)20-28(25,26)10-7-8-12(18)13(9-10)21(23)24/h3-9,19-20H,2H2,1H3. The summed E-state index contributed by atoms with van der Waals surface area (Å²) in [5, 5.41) is 14.3. The van der Waals surface area contributed by atoms with Gasteiger partial charge in [-0.15, -0.1) is 0 Å². The van der Waals surface area contributed by atoms with Crippen molar-refractivity contribution in [3.05, 3.63) is 68.0 Å². The first-order valence-electron chi connectivity index (χ1n) is 8.01. The van der Waals surface area contributed by atoms with Gasteiger partial charge in [0, 0.05) is 18.0 Å². The Morgan fingerprint density at radius 1 is 1.18 bits per heavy atom. The van der Waals surface area contributed by atoms with Crippen molar-refractivity contribution in [2.24, 2.45) is 0 Å². The molecule has 0 saturated carbocycles. The normalized spacial score (nSPS) is 11.4. The number of nitro benzene ring substituents is 1. The smallest absolute Gasteiger partial charge is 0.363 e. The van der Waals surface area contributed by atoms with E-state index >= 15 is 0 Å². The number of fused-ring (bicyclic) bond motifs is 1. The molecule has 2 aromatic carbocycles. The predicted octanol–water partition coefficient (Wildman–Crippen LogP) is 3.59. The van der Waals surface area contributed by atoms with Gasteiger partial charge in [0.25, 0.3) is 15.7 Å². The largest absolute Gasteiger partial charge is 0.421 e. The van der Waals surface area contributed by atoms with Gasteiger partial charge in [0.05, 0.1) is 15.5 Å². The number of halogens is 1. The monoisotopic (exact) mass is 423 g/mol. The average Bonchev–Trinajstić information content (AvgIpc) is 2.64. The number of rotatable bonds is 6. The van der Waals surface area contributed by atoms with Gasteiger partial charge in [-0.05, 0) is 31.2 Å². The van der Waals surface area contributed by atoms with Gasteiger partial charge in [0.1, 0.15) is 10.6 Å². The van der Waals surface area contributed by atoms with Crippen molar-refractivity contribution >= 4 is 49.7 Å². The quantitative estimate of drug-likeness (QED) is 0.351. The van der Waals surface area contributed by atoms with E-state index in [0.717, 1.165) is 18.2 Å². The second kappa shape index (κ2) is 7.49. The minimum absolute atomic E-state index is 0.206. The van der Waals surface area contributed by atoms with Crippen molar-refractivity contribution in [2.45, 2.75) is 11.8 Å². The van der Waals surface area contributed by atoms with Crippen LogP contribution in [-0.2, 0) is 10.0 Å². The highest BCUT2D eigenvalue weighted by Crippen LogP contribution is 2.31. The van der Waals surface area contributed by atoms with Crippen LogP contribution in [0.3, 0.4) is 0 Å². The number of sulfonamides is 1. The molecule has 0 saturated heterocycles. The van der Waals surface area contributed by atoms with E-state index in [1.165, 1.54) is 0 Å². The average molecular weight is 424 g/mol. The van der Waals surface area contributed by atoms with Crippen molar-refractivity contribution in [2.75, 3.05) is 16.6 Å². The lowest BCUT2D eigenvalue weighted by Gasteiger charge is -2.14. The van der Waals surface area contributed by atoms with Crippen LogP contribution in [0, 0.1) is 10.1 Å². The molecule has 3 rings (SSSR count). The third-order valence-corrected chi connectivity index (χ3v) is 5.49. The van der Waals surface area contributed by atoms with Gasteiger partial charge in [-0.1, -0.05) is 23.7 Å². The van der Waals surface area contributed by atoms with E-state index in [0.29, 0.717) is 11.9 Å². The summed E-state index contributed by atoms with van der Waals surface area (Å²) >= 11 is 5.73. The minimum atomic E-state index is -4.33. The summed E-state index contributed by atoms with van der Waals surface area (Å²) in [7, 11) is -4.33. The maximum Gasteiger partial charge on any atom is 0.363 e. The molecule has 0 aliphatic rings. The van der Waals surface area contributed by atoms with Crippen LogP contribution < -0.4 is 15.7 Å². The second-order valence-electron chi connectivity index (χ2n) is 5.64. The van der Waals surface area contributed by atoms with Gasteiger partial charge < -0.3 is 9.73 Å². The van der Waals surface area contributed by atoms with Crippen LogP contribution in [0.2, 0.25) is 5.02 Å². The zero-order valence-electron chi connectivity index (χ0n) is 14.4. The Kier molecular flexibility index (Phi) is 5.25. The molecule has 1 aromatic heterocycles. The molecule has 0 spiro atoms. The first-order chi connectivity index (χ1) is 13.2. The Hall–Kier alpha value is -3.11. The van der Waals surface area contributed by atoms with Gasteiger partial charge >= 0.3 is 5.63 Å². The molecule has 0 atom stereocenters. The van der Waals surface area contributed by atoms with Crippen LogP contribution in [0.5, 0.6) is 0 Å². The number of anilines is 2. The number of nitrogens with one attached hydrogen (secondary N) is 2. The third kappa shape index (κ3) is 3.64. The number of para-hydroxylation sites is 1. The summed E-state index contributed by atoms with van der Waals surface area (Å²) in [4.78, 5) is 22.2. The molecule has 0 radical (unpaired) electrons. The van der Waals surface area contributed by atoms with Gasteiger partial charge in [-0.25, -0.2) is 13.2 Å². The number of benzene rings is 2.